The van der Waals surface area contributed by atoms with E-state index in [1.807, 2.05) is 0 Å². The Hall–Kier alpha value is -0.220. The maximum absolute atomic E-state index is 9.00. The van der Waals surface area contributed by atoms with Crippen LogP contribution in [-0.4, -0.2) is 16.5 Å². The summed E-state index contributed by atoms with van der Waals surface area (Å²) in [6, 6.07) is 0. The highest BCUT2D eigenvalue weighted by atomic mass is 32.2. The third-order valence-corrected chi connectivity index (χ3v) is 1.82. The Bertz CT molecular complexity index is 162. The van der Waals surface area contributed by atoms with E-state index in [1.54, 1.807) is 0 Å². The number of amidine groups is 1. The lowest BCUT2D eigenvalue weighted by molar-refractivity contribution is 0.249. The molecule has 0 fully saturated rings. The van der Waals surface area contributed by atoms with Crippen molar-refractivity contribution in [1.82, 2.24) is 5.32 Å². The maximum Gasteiger partial charge on any atom is 0.195 e. The van der Waals surface area contributed by atoms with Crippen LogP contribution in [0.3, 0.4) is 0 Å². The fourth-order valence-corrected chi connectivity index (χ4v) is 1.32. The van der Waals surface area contributed by atoms with Gasteiger partial charge >= 0.3 is 0 Å². The Morgan fingerprint density at radius 1 is 1.60 bits per heavy atom. The van der Waals surface area contributed by atoms with Gasteiger partial charge in [0.05, 0.1) is 0 Å². The van der Waals surface area contributed by atoms with E-state index in [0.29, 0.717) is 0 Å². The first-order chi connectivity index (χ1) is 4.50. The molecule has 1 atom stereocenters. The Morgan fingerprint density at radius 3 is 2.40 bits per heavy atom. The van der Waals surface area contributed by atoms with Crippen molar-refractivity contribution >= 4 is 17.8 Å². The number of nitrogens with zero attached hydrogens (tertiary/aromatic N) is 1. The summed E-state index contributed by atoms with van der Waals surface area (Å²) in [7, 11) is 0. The van der Waals surface area contributed by atoms with E-state index >= 15 is 0 Å². The Labute approximate surface area is 65.1 Å². The molecule has 1 heterocycles. The van der Waals surface area contributed by atoms with Gasteiger partial charge in [-0.15, -0.1) is 0 Å². The third-order valence-electron chi connectivity index (χ3n) is 1.21. The number of aliphatic hydroxyl groups excluding tert-OH is 1. The van der Waals surface area contributed by atoms with Crippen LogP contribution in [0.25, 0.3) is 0 Å². The molecule has 0 aromatic heterocycles. The summed E-state index contributed by atoms with van der Waals surface area (Å²) in [5.41, 5.74) is -0.529. The Kier molecular flexibility index (Phi) is 1.92. The molecule has 0 amide bonds. The second-order valence-corrected chi connectivity index (χ2v) is 4.13. The molecule has 3 nitrogen and oxygen atoms in total. The minimum atomic E-state index is -0.547. The summed E-state index contributed by atoms with van der Waals surface area (Å²) >= 11 is 1.16. The van der Waals surface area contributed by atoms with Crippen LogP contribution in [0.5, 0.6) is 0 Å². The van der Waals surface area contributed by atoms with Gasteiger partial charge in [-0.1, -0.05) is 20.8 Å². The molecule has 0 bridgehead atoms. The molecule has 0 aromatic rings. The second kappa shape index (κ2) is 2.43. The first-order valence-corrected chi connectivity index (χ1v) is 4.03. The van der Waals surface area contributed by atoms with Gasteiger partial charge in [0, 0.05) is 17.4 Å². The Balaban J connectivity index is 2.60. The summed E-state index contributed by atoms with van der Waals surface area (Å²) in [6.07, 6.45) is 0. The molecular weight excluding hydrogens is 148 g/mol. The molecule has 1 aliphatic rings. The summed E-state index contributed by atoms with van der Waals surface area (Å²) in [6.45, 7) is 6.16. The van der Waals surface area contributed by atoms with Gasteiger partial charge in [0.1, 0.15) is 5.84 Å². The topological polar surface area (TPSA) is 44.6 Å². The van der Waals surface area contributed by atoms with Crippen molar-refractivity contribution in [3.63, 3.8) is 0 Å². The SMILES string of the molecule is CC(C)(C)C1=NSC(O)N1. The van der Waals surface area contributed by atoms with Gasteiger partial charge in [0.2, 0.25) is 0 Å². The summed E-state index contributed by atoms with van der Waals surface area (Å²) in [4.78, 5) is 0. The van der Waals surface area contributed by atoms with Crippen LogP contribution >= 0.6 is 11.9 Å². The lowest BCUT2D eigenvalue weighted by Gasteiger charge is -2.18. The van der Waals surface area contributed by atoms with Crippen LogP contribution < -0.4 is 5.32 Å². The molecule has 0 spiro atoms. The zero-order valence-corrected chi connectivity index (χ0v) is 7.20. The van der Waals surface area contributed by atoms with Crippen LogP contribution in [0.4, 0.5) is 0 Å². The number of nitrogens with one attached hydrogen (secondary N) is 1. The van der Waals surface area contributed by atoms with Crippen molar-refractivity contribution in [2.75, 3.05) is 0 Å². The molecular formula is C6H12N2OS. The van der Waals surface area contributed by atoms with Crippen molar-refractivity contribution in [2.24, 2.45) is 9.81 Å². The monoisotopic (exact) mass is 160 g/mol. The van der Waals surface area contributed by atoms with Gasteiger partial charge in [0.25, 0.3) is 0 Å². The predicted octanol–water partition coefficient (Wildman–Crippen LogP) is 0.958. The average Bonchev–Trinajstić information content (AvgIpc) is 2.11. The largest absolute Gasteiger partial charge is 0.363 e. The summed E-state index contributed by atoms with van der Waals surface area (Å²) in [5, 5.41) is 11.9. The molecule has 58 valence electrons. The van der Waals surface area contributed by atoms with Crippen molar-refractivity contribution in [3.05, 3.63) is 0 Å². The molecule has 1 rings (SSSR count). The normalized spacial score (nSPS) is 26.0. The molecule has 0 aliphatic carbocycles. The van der Waals surface area contributed by atoms with Crippen molar-refractivity contribution in [3.8, 4) is 0 Å². The minimum Gasteiger partial charge on any atom is -0.363 e. The van der Waals surface area contributed by atoms with Crippen molar-refractivity contribution in [1.29, 1.82) is 0 Å². The first-order valence-electron chi connectivity index (χ1n) is 3.19. The van der Waals surface area contributed by atoms with E-state index in [0.717, 1.165) is 17.8 Å². The molecule has 0 saturated heterocycles. The maximum atomic E-state index is 9.00. The summed E-state index contributed by atoms with van der Waals surface area (Å²) < 4.78 is 4.06. The lowest BCUT2D eigenvalue weighted by Crippen LogP contribution is -2.35. The van der Waals surface area contributed by atoms with Gasteiger partial charge in [-0.25, -0.2) is 0 Å². The highest BCUT2D eigenvalue weighted by molar-refractivity contribution is 7.98. The Morgan fingerprint density at radius 2 is 2.20 bits per heavy atom. The van der Waals surface area contributed by atoms with E-state index in [1.165, 1.54) is 0 Å². The molecule has 0 aromatic carbocycles. The molecule has 0 saturated carbocycles. The number of rotatable bonds is 0. The predicted molar refractivity (Wildman–Crippen MR) is 43.6 cm³/mol. The number of hydrogen-bond acceptors (Lipinski definition) is 4. The summed E-state index contributed by atoms with van der Waals surface area (Å²) in [5.74, 6) is 0.866. The van der Waals surface area contributed by atoms with Gasteiger partial charge in [-0.3, -0.25) is 0 Å². The zero-order valence-electron chi connectivity index (χ0n) is 6.38. The molecule has 4 heteroatoms. The molecule has 1 unspecified atom stereocenters. The average molecular weight is 160 g/mol. The lowest BCUT2D eigenvalue weighted by atomic mass is 9.95. The zero-order chi connectivity index (χ0) is 7.78. The standard InChI is InChI=1S/C6H12N2OS/c1-6(2,3)4-7-5(9)10-8-4/h5,9H,1-3H3,(H,7,8). The van der Waals surface area contributed by atoms with Crippen LogP contribution in [0.15, 0.2) is 4.40 Å². The highest BCUT2D eigenvalue weighted by Gasteiger charge is 2.25. The van der Waals surface area contributed by atoms with Crippen LogP contribution in [0, 0.1) is 5.41 Å². The third kappa shape index (κ3) is 1.64. The minimum absolute atomic E-state index is 0.0183. The molecule has 2 N–H and O–H groups in total. The molecule has 0 radical (unpaired) electrons. The first kappa shape index (κ1) is 7.88. The van der Waals surface area contributed by atoms with Crippen LogP contribution in [0.2, 0.25) is 0 Å². The van der Waals surface area contributed by atoms with Gasteiger partial charge in [0.15, 0.2) is 5.56 Å². The van der Waals surface area contributed by atoms with E-state index in [9.17, 15) is 0 Å². The van der Waals surface area contributed by atoms with Crippen LogP contribution in [-0.2, 0) is 0 Å². The molecule has 1 aliphatic heterocycles. The van der Waals surface area contributed by atoms with Gasteiger partial charge in [-0.05, 0) is 0 Å². The quantitative estimate of drug-likeness (QED) is 0.519. The van der Waals surface area contributed by atoms with E-state index in [-0.39, 0.29) is 5.41 Å². The highest BCUT2D eigenvalue weighted by Crippen LogP contribution is 2.24. The molecule has 10 heavy (non-hydrogen) atoms. The van der Waals surface area contributed by atoms with E-state index < -0.39 is 5.56 Å². The van der Waals surface area contributed by atoms with Gasteiger partial charge in [-0.2, -0.15) is 4.40 Å². The van der Waals surface area contributed by atoms with Crippen molar-refractivity contribution in [2.45, 2.75) is 26.3 Å². The second-order valence-electron chi connectivity index (χ2n) is 3.29. The van der Waals surface area contributed by atoms with E-state index in [2.05, 4.69) is 30.5 Å². The smallest absolute Gasteiger partial charge is 0.195 e. The fraction of sp³-hybridized carbons (Fsp3) is 0.833. The van der Waals surface area contributed by atoms with Crippen LogP contribution in [0.1, 0.15) is 20.8 Å². The fourth-order valence-electron chi connectivity index (χ4n) is 0.626. The number of hydrogen-bond donors (Lipinski definition) is 2. The van der Waals surface area contributed by atoms with E-state index in [4.69, 9.17) is 5.11 Å². The van der Waals surface area contributed by atoms with Crippen molar-refractivity contribution < 1.29 is 5.11 Å². The van der Waals surface area contributed by atoms with Gasteiger partial charge < -0.3 is 10.4 Å². The number of aliphatic hydroxyl groups is 1.